The lowest BCUT2D eigenvalue weighted by Crippen LogP contribution is -2.55. The second kappa shape index (κ2) is 11.0. The maximum Gasteiger partial charge on any atom is 0.407 e. The Balaban J connectivity index is 1.67. The van der Waals surface area contributed by atoms with E-state index in [4.69, 9.17) is 4.74 Å². The van der Waals surface area contributed by atoms with Crippen LogP contribution >= 0.6 is 11.3 Å². The summed E-state index contributed by atoms with van der Waals surface area (Å²) in [5, 5.41) is 17.6. The van der Waals surface area contributed by atoms with E-state index < -0.39 is 24.2 Å². The van der Waals surface area contributed by atoms with E-state index >= 15 is 8.78 Å². The van der Waals surface area contributed by atoms with Crippen molar-refractivity contribution >= 4 is 17.4 Å². The van der Waals surface area contributed by atoms with Gasteiger partial charge in [0.2, 0.25) is 0 Å². The zero-order valence-corrected chi connectivity index (χ0v) is 17.5. The number of carbonyl (C=O) groups excluding carboxylic acids is 1. The van der Waals surface area contributed by atoms with Crippen LogP contribution in [0, 0.1) is 0 Å². The number of amides is 1. The summed E-state index contributed by atoms with van der Waals surface area (Å²) in [7, 11) is 0. The van der Waals surface area contributed by atoms with E-state index in [1.807, 2.05) is 23.6 Å². The van der Waals surface area contributed by atoms with Gasteiger partial charge in [0.15, 0.2) is 0 Å². The zero-order chi connectivity index (χ0) is 22.1. The molecule has 0 unspecified atom stereocenters. The standard InChI is InChI=1S/C23H24F2N2O3S/c24-23(25,18-10-5-2-6-11-18)21(20(28)15-26-14-19-12-7-13-31-19)27-22(29)30-16-17-8-3-1-4-9-17/h1-13,20-21,26,28H,14-16H2,(H,27,29)/t20-,21-/m1/s1. The second-order valence-corrected chi connectivity index (χ2v) is 7.98. The van der Waals surface area contributed by atoms with Crippen LogP contribution in [-0.2, 0) is 23.8 Å². The van der Waals surface area contributed by atoms with Gasteiger partial charge in [0, 0.05) is 23.5 Å². The topological polar surface area (TPSA) is 70.6 Å². The van der Waals surface area contributed by atoms with Crippen molar-refractivity contribution in [3.63, 3.8) is 0 Å². The summed E-state index contributed by atoms with van der Waals surface area (Å²) in [6.07, 6.45) is -2.58. The predicted molar refractivity (Wildman–Crippen MR) is 116 cm³/mol. The Morgan fingerprint density at radius 3 is 2.35 bits per heavy atom. The fourth-order valence-corrected chi connectivity index (χ4v) is 3.71. The first kappa shape index (κ1) is 22.9. The summed E-state index contributed by atoms with van der Waals surface area (Å²) >= 11 is 1.52. The van der Waals surface area contributed by atoms with Crippen LogP contribution in [-0.4, -0.2) is 29.9 Å². The lowest BCUT2D eigenvalue weighted by Gasteiger charge is -2.31. The van der Waals surface area contributed by atoms with Gasteiger partial charge in [0.1, 0.15) is 12.6 Å². The van der Waals surface area contributed by atoms with Crippen molar-refractivity contribution in [2.75, 3.05) is 6.54 Å². The van der Waals surface area contributed by atoms with Gasteiger partial charge in [0.05, 0.1) is 6.10 Å². The number of hydrogen-bond acceptors (Lipinski definition) is 5. The first-order chi connectivity index (χ1) is 15.0. The van der Waals surface area contributed by atoms with Crippen LogP contribution in [0.1, 0.15) is 16.0 Å². The van der Waals surface area contributed by atoms with Gasteiger partial charge in [-0.05, 0) is 17.0 Å². The van der Waals surface area contributed by atoms with Crippen molar-refractivity contribution < 1.29 is 23.4 Å². The summed E-state index contributed by atoms with van der Waals surface area (Å²) in [5.41, 5.74) is 0.419. The zero-order valence-electron chi connectivity index (χ0n) is 16.7. The SMILES string of the molecule is O=C(N[C@H]([C@H](O)CNCc1cccs1)C(F)(F)c1ccccc1)OCc1ccccc1. The lowest BCUT2D eigenvalue weighted by atomic mass is 9.96. The number of aliphatic hydroxyl groups excluding tert-OH is 1. The van der Waals surface area contributed by atoms with E-state index in [1.54, 1.807) is 30.3 Å². The molecule has 0 saturated carbocycles. The highest BCUT2D eigenvalue weighted by Gasteiger charge is 2.46. The molecule has 0 spiro atoms. The highest BCUT2D eigenvalue weighted by Crippen LogP contribution is 2.33. The molecule has 164 valence electrons. The average molecular weight is 447 g/mol. The monoisotopic (exact) mass is 446 g/mol. The maximum absolute atomic E-state index is 15.2. The quantitative estimate of drug-likeness (QED) is 0.435. The van der Waals surface area contributed by atoms with E-state index in [1.165, 1.54) is 35.6 Å². The number of alkyl carbamates (subject to hydrolysis) is 1. The smallest absolute Gasteiger partial charge is 0.407 e. The van der Waals surface area contributed by atoms with Crippen LogP contribution in [0.2, 0.25) is 0 Å². The summed E-state index contributed by atoms with van der Waals surface area (Å²) in [5.74, 6) is -3.52. The van der Waals surface area contributed by atoms with Crippen molar-refractivity contribution in [1.29, 1.82) is 0 Å². The van der Waals surface area contributed by atoms with E-state index in [-0.39, 0.29) is 18.7 Å². The minimum Gasteiger partial charge on any atom is -0.445 e. The van der Waals surface area contributed by atoms with Crippen molar-refractivity contribution in [3.8, 4) is 0 Å². The molecule has 31 heavy (non-hydrogen) atoms. The van der Waals surface area contributed by atoms with Crippen molar-refractivity contribution in [2.45, 2.75) is 31.2 Å². The first-order valence-electron chi connectivity index (χ1n) is 9.78. The molecule has 0 aliphatic rings. The molecule has 2 atom stereocenters. The molecule has 1 heterocycles. The number of hydrogen-bond donors (Lipinski definition) is 3. The molecule has 3 N–H and O–H groups in total. The fourth-order valence-electron chi connectivity index (χ4n) is 3.03. The summed E-state index contributed by atoms with van der Waals surface area (Å²) in [6, 6.07) is 17.9. The summed E-state index contributed by atoms with van der Waals surface area (Å²) in [6.45, 7) is 0.226. The highest BCUT2D eigenvalue weighted by atomic mass is 32.1. The van der Waals surface area contributed by atoms with Crippen molar-refractivity contribution in [1.82, 2.24) is 10.6 Å². The Labute approximate surface area is 183 Å². The van der Waals surface area contributed by atoms with Crippen LogP contribution in [0.15, 0.2) is 78.2 Å². The number of aliphatic hydroxyl groups is 1. The molecular weight excluding hydrogens is 422 g/mol. The lowest BCUT2D eigenvalue weighted by molar-refractivity contribution is -0.0825. The molecule has 0 aliphatic heterocycles. The molecule has 0 radical (unpaired) electrons. The first-order valence-corrected chi connectivity index (χ1v) is 10.7. The van der Waals surface area contributed by atoms with Gasteiger partial charge in [-0.1, -0.05) is 66.7 Å². The molecule has 2 aromatic carbocycles. The van der Waals surface area contributed by atoms with Gasteiger partial charge < -0.3 is 20.5 Å². The van der Waals surface area contributed by atoms with Gasteiger partial charge in [-0.3, -0.25) is 0 Å². The van der Waals surface area contributed by atoms with Crippen molar-refractivity contribution in [2.24, 2.45) is 0 Å². The number of rotatable bonds is 10. The van der Waals surface area contributed by atoms with Gasteiger partial charge in [0.25, 0.3) is 5.92 Å². The molecule has 0 bridgehead atoms. The van der Waals surface area contributed by atoms with Gasteiger partial charge >= 0.3 is 6.09 Å². The minimum absolute atomic E-state index is 0.0664. The van der Waals surface area contributed by atoms with E-state index in [2.05, 4.69) is 10.6 Å². The maximum atomic E-state index is 15.2. The Bertz CT molecular complexity index is 925. The van der Waals surface area contributed by atoms with E-state index in [9.17, 15) is 9.90 Å². The summed E-state index contributed by atoms with van der Waals surface area (Å²) < 4.78 is 35.6. The Hall–Kier alpha value is -2.81. The third kappa shape index (κ3) is 6.58. The Morgan fingerprint density at radius 1 is 1.03 bits per heavy atom. The Morgan fingerprint density at radius 2 is 1.71 bits per heavy atom. The third-order valence-electron chi connectivity index (χ3n) is 4.65. The van der Waals surface area contributed by atoms with Crippen LogP contribution in [0.3, 0.4) is 0 Å². The number of benzene rings is 2. The number of carbonyl (C=O) groups is 1. The van der Waals surface area contributed by atoms with Gasteiger partial charge in [-0.25, -0.2) is 4.79 Å². The van der Waals surface area contributed by atoms with Crippen LogP contribution in [0.25, 0.3) is 0 Å². The molecule has 1 amide bonds. The number of alkyl halides is 2. The Kier molecular flexibility index (Phi) is 8.11. The molecule has 8 heteroatoms. The van der Waals surface area contributed by atoms with Crippen LogP contribution < -0.4 is 10.6 Å². The molecule has 1 aromatic heterocycles. The predicted octanol–water partition coefficient (Wildman–Crippen LogP) is 4.29. The molecule has 0 fully saturated rings. The highest BCUT2D eigenvalue weighted by molar-refractivity contribution is 7.09. The van der Waals surface area contributed by atoms with E-state index in [0.717, 1.165) is 10.4 Å². The van der Waals surface area contributed by atoms with Crippen LogP contribution in [0.5, 0.6) is 0 Å². The molecule has 3 rings (SSSR count). The largest absolute Gasteiger partial charge is 0.445 e. The van der Waals surface area contributed by atoms with Gasteiger partial charge in [-0.2, -0.15) is 8.78 Å². The molecular formula is C23H24F2N2O3S. The van der Waals surface area contributed by atoms with Crippen molar-refractivity contribution in [3.05, 3.63) is 94.2 Å². The third-order valence-corrected chi connectivity index (χ3v) is 5.53. The fraction of sp³-hybridized carbons (Fsp3) is 0.261. The molecule has 0 aliphatic carbocycles. The number of ether oxygens (including phenoxy) is 1. The molecule has 0 saturated heterocycles. The normalized spacial score (nSPS) is 13.4. The molecule has 3 aromatic rings. The van der Waals surface area contributed by atoms with E-state index in [0.29, 0.717) is 6.54 Å². The summed E-state index contributed by atoms with van der Waals surface area (Å²) in [4.78, 5) is 13.3. The average Bonchev–Trinajstić information content (AvgIpc) is 3.30. The minimum atomic E-state index is -3.52. The second-order valence-electron chi connectivity index (χ2n) is 6.95. The molecule has 5 nitrogen and oxygen atoms in total. The number of halogens is 2. The van der Waals surface area contributed by atoms with Crippen LogP contribution in [0.4, 0.5) is 13.6 Å². The number of nitrogens with one attached hydrogen (secondary N) is 2. The van der Waals surface area contributed by atoms with Gasteiger partial charge in [-0.15, -0.1) is 11.3 Å². The number of thiophene rings is 1.